The number of nitrogens with zero attached hydrogens (tertiary/aromatic N) is 2. The van der Waals surface area contributed by atoms with Gasteiger partial charge in [-0.3, -0.25) is 9.69 Å². The van der Waals surface area contributed by atoms with Gasteiger partial charge in [-0.2, -0.15) is 0 Å². The van der Waals surface area contributed by atoms with Crippen molar-refractivity contribution >= 4 is 55.2 Å². The van der Waals surface area contributed by atoms with Gasteiger partial charge in [0.1, 0.15) is 5.75 Å². The molecule has 0 bridgehead atoms. The molecule has 0 spiro atoms. The smallest absolute Gasteiger partial charge is 0.339 e. The van der Waals surface area contributed by atoms with Gasteiger partial charge in [0.15, 0.2) is 0 Å². The molecule has 3 aromatic carbocycles. The van der Waals surface area contributed by atoms with Crippen molar-refractivity contribution in [1.82, 2.24) is 0 Å². The molecule has 1 saturated carbocycles. The van der Waals surface area contributed by atoms with Gasteiger partial charge in [0.25, 0.3) is 11.6 Å². The molecule has 8 heteroatoms. The van der Waals surface area contributed by atoms with Crippen molar-refractivity contribution in [2.75, 3.05) is 9.80 Å². The minimum Gasteiger partial charge on any atom is -0.490 e. The summed E-state index contributed by atoms with van der Waals surface area (Å²) >= 11 is 6.77. The van der Waals surface area contributed by atoms with E-state index < -0.39 is 17.7 Å². The van der Waals surface area contributed by atoms with Gasteiger partial charge in [0.05, 0.1) is 11.8 Å². The molecule has 1 heterocycles. The summed E-state index contributed by atoms with van der Waals surface area (Å²) in [5.41, 5.74) is -1.16. The zero-order valence-electron chi connectivity index (χ0n) is 18.9. The van der Waals surface area contributed by atoms with Crippen LogP contribution in [0.1, 0.15) is 37.7 Å². The number of urea groups is 1. The first-order valence-corrected chi connectivity index (χ1v) is 13.2. The summed E-state index contributed by atoms with van der Waals surface area (Å²) in [7, 11) is 0. The Morgan fingerprint density at radius 2 is 1.31 bits per heavy atom. The second-order valence-electron chi connectivity index (χ2n) is 8.79. The van der Waals surface area contributed by atoms with E-state index >= 15 is 0 Å². The average Bonchev–Trinajstić information content (AvgIpc) is 3.07. The molecule has 2 fully saturated rings. The summed E-state index contributed by atoms with van der Waals surface area (Å²) in [4.78, 5) is 29.5. The lowest BCUT2D eigenvalue weighted by atomic mass is 9.97. The Bertz CT molecular complexity index is 1230. The third-order valence-corrected chi connectivity index (χ3v) is 7.55. The Labute approximate surface area is 220 Å². The molecule has 5 rings (SSSR count). The van der Waals surface area contributed by atoms with Crippen molar-refractivity contribution in [2.45, 2.75) is 43.9 Å². The lowest BCUT2D eigenvalue weighted by molar-refractivity contribution is -0.133. The van der Waals surface area contributed by atoms with Crippen molar-refractivity contribution in [3.8, 4) is 5.75 Å². The molecular weight excluding hydrogens is 576 g/mol. The third-order valence-electron chi connectivity index (χ3n) is 6.49. The molecule has 0 radical (unpaired) electrons. The van der Waals surface area contributed by atoms with Gasteiger partial charge in [0, 0.05) is 20.2 Å². The normalized spacial score (nSPS) is 21.0. The van der Waals surface area contributed by atoms with E-state index in [1.807, 2.05) is 0 Å². The molecule has 1 unspecified atom stereocenters. The van der Waals surface area contributed by atoms with E-state index in [1.165, 1.54) is 6.42 Å². The fraction of sp³-hybridized carbons (Fsp3) is 0.259. The Balaban J connectivity index is 1.53. The van der Waals surface area contributed by atoms with E-state index in [0.717, 1.165) is 44.4 Å². The Morgan fingerprint density at radius 3 is 1.89 bits per heavy atom. The fourth-order valence-corrected chi connectivity index (χ4v) is 5.20. The number of carbonyl (C=O) groups is 2. The minimum absolute atomic E-state index is 0.180. The first kappa shape index (κ1) is 24.0. The maximum atomic E-state index is 13.7. The number of ether oxygens (including phenoxy) is 1. The van der Waals surface area contributed by atoms with Crippen LogP contribution in [0.3, 0.4) is 0 Å². The second kappa shape index (κ2) is 9.76. The molecule has 2 aliphatic rings. The number of benzene rings is 3. The van der Waals surface area contributed by atoms with Gasteiger partial charge in [-0.1, -0.05) is 38.3 Å². The number of hydrogen-bond acceptors (Lipinski definition) is 4. The minimum atomic E-state index is -2.22. The highest BCUT2D eigenvalue weighted by atomic mass is 79.9. The molecule has 3 amide bonds. The molecule has 6 nitrogen and oxygen atoms in total. The highest BCUT2D eigenvalue weighted by Crippen LogP contribution is 2.42. The molecule has 1 aliphatic carbocycles. The number of rotatable bonds is 5. The van der Waals surface area contributed by atoms with E-state index in [1.54, 1.807) is 72.8 Å². The maximum Gasteiger partial charge on any atom is 0.339 e. The van der Waals surface area contributed by atoms with Gasteiger partial charge in [-0.25, -0.2) is 9.69 Å². The summed E-state index contributed by atoms with van der Waals surface area (Å²) in [6, 6.07) is 19.9. The zero-order valence-corrected chi connectivity index (χ0v) is 22.0. The van der Waals surface area contributed by atoms with Crippen molar-refractivity contribution in [2.24, 2.45) is 0 Å². The highest BCUT2D eigenvalue weighted by molar-refractivity contribution is 9.10. The summed E-state index contributed by atoms with van der Waals surface area (Å²) in [5.74, 6) is -0.0605. The van der Waals surface area contributed by atoms with Crippen molar-refractivity contribution in [3.63, 3.8) is 0 Å². The maximum absolute atomic E-state index is 13.7. The number of halogens is 2. The van der Waals surface area contributed by atoms with Gasteiger partial charge in [-0.15, -0.1) is 0 Å². The summed E-state index contributed by atoms with van der Waals surface area (Å²) < 4.78 is 7.74. The van der Waals surface area contributed by atoms with E-state index in [2.05, 4.69) is 31.9 Å². The molecule has 1 aliphatic heterocycles. The molecular formula is C27H24Br2N2O4. The van der Waals surface area contributed by atoms with Crippen LogP contribution in [0, 0.1) is 0 Å². The standard InChI is InChI=1S/C27H24Br2N2O4/c28-19-8-12-21(13-9-19)30-25(32)27(34,31(26(30)33)22-14-10-20(29)11-15-22)18-6-16-24(17-7-18)35-23-4-2-1-3-5-23/h6-17,23,34H,1-5H2. The largest absolute Gasteiger partial charge is 0.490 e. The van der Waals surface area contributed by atoms with Crippen molar-refractivity contribution in [1.29, 1.82) is 0 Å². The van der Waals surface area contributed by atoms with Gasteiger partial charge in [-0.05, 0) is 98.5 Å². The number of anilines is 2. The molecule has 1 N–H and O–H groups in total. The van der Waals surface area contributed by atoms with E-state index in [9.17, 15) is 14.7 Å². The Morgan fingerprint density at radius 1 is 0.771 bits per heavy atom. The quantitative estimate of drug-likeness (QED) is 0.330. The average molecular weight is 600 g/mol. The van der Waals surface area contributed by atoms with Crippen LogP contribution >= 0.6 is 31.9 Å². The van der Waals surface area contributed by atoms with Gasteiger partial charge < -0.3 is 9.84 Å². The van der Waals surface area contributed by atoms with Crippen LogP contribution in [0.5, 0.6) is 5.75 Å². The van der Waals surface area contributed by atoms with Crippen molar-refractivity contribution in [3.05, 3.63) is 87.3 Å². The summed E-state index contributed by atoms with van der Waals surface area (Å²) in [5, 5.41) is 11.9. The molecule has 35 heavy (non-hydrogen) atoms. The number of amides is 3. The molecule has 3 aromatic rings. The lowest BCUT2D eigenvalue weighted by Crippen LogP contribution is -2.47. The van der Waals surface area contributed by atoms with E-state index in [0.29, 0.717) is 17.1 Å². The van der Waals surface area contributed by atoms with Crippen LogP contribution in [0.25, 0.3) is 0 Å². The third kappa shape index (κ3) is 4.50. The summed E-state index contributed by atoms with van der Waals surface area (Å²) in [6.07, 6.45) is 5.79. The second-order valence-corrected chi connectivity index (χ2v) is 10.6. The first-order valence-electron chi connectivity index (χ1n) is 11.6. The zero-order chi connectivity index (χ0) is 24.6. The Kier molecular flexibility index (Phi) is 6.70. The topological polar surface area (TPSA) is 70.1 Å². The monoisotopic (exact) mass is 598 g/mol. The summed E-state index contributed by atoms with van der Waals surface area (Å²) in [6.45, 7) is 0. The van der Waals surface area contributed by atoms with E-state index in [4.69, 9.17) is 4.74 Å². The van der Waals surface area contributed by atoms with Gasteiger partial charge in [0.2, 0.25) is 0 Å². The van der Waals surface area contributed by atoms with Crippen LogP contribution in [0.2, 0.25) is 0 Å². The first-order chi connectivity index (χ1) is 16.9. The molecule has 180 valence electrons. The van der Waals surface area contributed by atoms with Crippen LogP contribution < -0.4 is 14.5 Å². The molecule has 1 saturated heterocycles. The molecule has 0 aromatic heterocycles. The number of aliphatic hydroxyl groups is 1. The fourth-order valence-electron chi connectivity index (χ4n) is 4.68. The van der Waals surface area contributed by atoms with Gasteiger partial charge >= 0.3 is 6.03 Å². The highest BCUT2D eigenvalue weighted by Gasteiger charge is 2.59. The van der Waals surface area contributed by atoms with Crippen LogP contribution in [0.15, 0.2) is 81.7 Å². The van der Waals surface area contributed by atoms with E-state index in [-0.39, 0.29) is 11.7 Å². The van der Waals surface area contributed by atoms with Crippen LogP contribution in [0.4, 0.5) is 16.2 Å². The van der Waals surface area contributed by atoms with Crippen LogP contribution in [-0.2, 0) is 10.5 Å². The predicted octanol–water partition coefficient (Wildman–Crippen LogP) is 6.74. The molecule has 1 atom stereocenters. The number of imide groups is 1. The SMILES string of the molecule is O=C1N(c2ccc(Br)cc2)C(=O)C(O)(c2ccc(OC3CCCCC3)cc2)N1c1ccc(Br)cc1. The number of carbonyl (C=O) groups excluding carboxylic acids is 2. The Hall–Kier alpha value is -2.68. The lowest BCUT2D eigenvalue weighted by Gasteiger charge is -2.30. The predicted molar refractivity (Wildman–Crippen MR) is 141 cm³/mol. The van der Waals surface area contributed by atoms with Crippen LogP contribution in [-0.4, -0.2) is 23.1 Å². The van der Waals surface area contributed by atoms with Crippen molar-refractivity contribution < 1.29 is 19.4 Å². The number of hydrogen-bond donors (Lipinski definition) is 1.